The molecule has 0 saturated carbocycles. The Labute approximate surface area is 65.4 Å². The molecular formula is C8H10ClF. The SMILES string of the molecule is CC1=CC(F)C(C)C=C1Cl. The van der Waals surface area contributed by atoms with Crippen molar-refractivity contribution in [2.24, 2.45) is 5.92 Å². The number of halogens is 2. The molecule has 0 aromatic heterocycles. The Morgan fingerprint density at radius 1 is 1.50 bits per heavy atom. The lowest BCUT2D eigenvalue weighted by Crippen LogP contribution is -2.11. The van der Waals surface area contributed by atoms with Crippen LogP contribution in [0.25, 0.3) is 0 Å². The van der Waals surface area contributed by atoms with Gasteiger partial charge in [-0.15, -0.1) is 0 Å². The maximum atomic E-state index is 12.8. The molecule has 0 fully saturated rings. The van der Waals surface area contributed by atoms with Gasteiger partial charge in [0.05, 0.1) is 0 Å². The van der Waals surface area contributed by atoms with Gasteiger partial charge in [0.1, 0.15) is 6.17 Å². The zero-order chi connectivity index (χ0) is 7.72. The van der Waals surface area contributed by atoms with Crippen LogP contribution in [-0.2, 0) is 0 Å². The van der Waals surface area contributed by atoms with Crippen molar-refractivity contribution in [3.8, 4) is 0 Å². The van der Waals surface area contributed by atoms with Gasteiger partial charge in [0, 0.05) is 11.0 Å². The van der Waals surface area contributed by atoms with Gasteiger partial charge in [-0.25, -0.2) is 4.39 Å². The molecule has 0 spiro atoms. The van der Waals surface area contributed by atoms with E-state index in [9.17, 15) is 4.39 Å². The zero-order valence-corrected chi connectivity index (χ0v) is 6.82. The second kappa shape index (κ2) is 2.75. The van der Waals surface area contributed by atoms with E-state index in [1.54, 1.807) is 12.2 Å². The molecule has 0 radical (unpaired) electrons. The number of hydrogen-bond donors (Lipinski definition) is 0. The first-order chi connectivity index (χ1) is 4.61. The second-order valence-electron chi connectivity index (χ2n) is 2.67. The minimum Gasteiger partial charge on any atom is -0.242 e. The number of rotatable bonds is 0. The predicted molar refractivity (Wildman–Crippen MR) is 41.8 cm³/mol. The fourth-order valence-electron chi connectivity index (χ4n) is 0.924. The Morgan fingerprint density at radius 3 is 2.60 bits per heavy atom. The van der Waals surface area contributed by atoms with E-state index in [1.165, 1.54) is 0 Å². The first kappa shape index (κ1) is 7.80. The molecule has 0 nitrogen and oxygen atoms in total. The molecule has 0 saturated heterocycles. The molecule has 1 aliphatic rings. The minimum absolute atomic E-state index is 0.0730. The van der Waals surface area contributed by atoms with E-state index in [1.807, 2.05) is 13.8 Å². The van der Waals surface area contributed by atoms with Crippen molar-refractivity contribution in [3.05, 3.63) is 22.8 Å². The highest BCUT2D eigenvalue weighted by Gasteiger charge is 2.17. The number of alkyl halides is 1. The lowest BCUT2D eigenvalue weighted by molar-refractivity contribution is 0.332. The van der Waals surface area contributed by atoms with Gasteiger partial charge >= 0.3 is 0 Å². The molecule has 0 aromatic carbocycles. The van der Waals surface area contributed by atoms with Crippen LogP contribution in [0.5, 0.6) is 0 Å². The van der Waals surface area contributed by atoms with Gasteiger partial charge in [0.15, 0.2) is 0 Å². The Balaban J connectivity index is 2.83. The van der Waals surface area contributed by atoms with E-state index >= 15 is 0 Å². The topological polar surface area (TPSA) is 0 Å². The molecule has 0 aliphatic heterocycles. The van der Waals surface area contributed by atoms with Gasteiger partial charge in [-0.2, -0.15) is 0 Å². The van der Waals surface area contributed by atoms with Gasteiger partial charge in [0.2, 0.25) is 0 Å². The summed E-state index contributed by atoms with van der Waals surface area (Å²) in [6, 6.07) is 0. The van der Waals surface area contributed by atoms with Crippen LogP contribution in [0.3, 0.4) is 0 Å². The molecule has 1 aliphatic carbocycles. The van der Waals surface area contributed by atoms with Crippen molar-refractivity contribution in [3.63, 3.8) is 0 Å². The van der Waals surface area contributed by atoms with Crippen LogP contribution in [0.4, 0.5) is 4.39 Å². The van der Waals surface area contributed by atoms with Gasteiger partial charge in [0.25, 0.3) is 0 Å². The third-order valence-electron chi connectivity index (χ3n) is 1.70. The van der Waals surface area contributed by atoms with Crippen LogP contribution in [0.2, 0.25) is 0 Å². The van der Waals surface area contributed by atoms with Crippen molar-refractivity contribution in [1.29, 1.82) is 0 Å². The van der Waals surface area contributed by atoms with Crippen molar-refractivity contribution in [1.82, 2.24) is 0 Å². The number of hydrogen-bond acceptors (Lipinski definition) is 0. The largest absolute Gasteiger partial charge is 0.242 e. The predicted octanol–water partition coefficient (Wildman–Crippen LogP) is 3.04. The fraction of sp³-hybridized carbons (Fsp3) is 0.500. The van der Waals surface area contributed by atoms with E-state index < -0.39 is 6.17 Å². The molecule has 1 rings (SSSR count). The third kappa shape index (κ3) is 1.40. The van der Waals surface area contributed by atoms with Crippen molar-refractivity contribution in [2.45, 2.75) is 20.0 Å². The minimum atomic E-state index is -0.859. The van der Waals surface area contributed by atoms with Crippen molar-refractivity contribution >= 4 is 11.6 Å². The highest BCUT2D eigenvalue weighted by Crippen LogP contribution is 2.26. The zero-order valence-electron chi connectivity index (χ0n) is 6.07. The second-order valence-corrected chi connectivity index (χ2v) is 3.08. The summed E-state index contributed by atoms with van der Waals surface area (Å²) in [6.07, 6.45) is 2.46. The maximum Gasteiger partial charge on any atom is 0.125 e. The summed E-state index contributed by atoms with van der Waals surface area (Å²) >= 11 is 5.75. The molecule has 2 atom stereocenters. The van der Waals surface area contributed by atoms with Crippen LogP contribution in [-0.4, -0.2) is 6.17 Å². The smallest absolute Gasteiger partial charge is 0.125 e. The summed E-state index contributed by atoms with van der Waals surface area (Å²) in [5.74, 6) is -0.0730. The molecule has 0 aromatic rings. The molecule has 56 valence electrons. The molecule has 2 unspecified atom stereocenters. The van der Waals surface area contributed by atoms with Crippen LogP contribution in [0, 0.1) is 5.92 Å². The van der Waals surface area contributed by atoms with Gasteiger partial charge in [-0.3, -0.25) is 0 Å². The van der Waals surface area contributed by atoms with Gasteiger partial charge in [-0.05, 0) is 18.6 Å². The molecule has 0 bridgehead atoms. The lowest BCUT2D eigenvalue weighted by atomic mass is 9.97. The highest BCUT2D eigenvalue weighted by atomic mass is 35.5. The first-order valence-corrected chi connectivity index (χ1v) is 3.69. The van der Waals surface area contributed by atoms with Gasteiger partial charge < -0.3 is 0 Å². The maximum absolute atomic E-state index is 12.8. The summed E-state index contributed by atoms with van der Waals surface area (Å²) < 4.78 is 12.8. The normalized spacial score (nSPS) is 33.2. The van der Waals surface area contributed by atoms with Gasteiger partial charge in [-0.1, -0.05) is 24.6 Å². The quantitative estimate of drug-likeness (QED) is 0.511. The first-order valence-electron chi connectivity index (χ1n) is 3.31. The van der Waals surface area contributed by atoms with Crippen LogP contribution < -0.4 is 0 Å². The lowest BCUT2D eigenvalue weighted by Gasteiger charge is -2.16. The Morgan fingerprint density at radius 2 is 2.10 bits per heavy atom. The average molecular weight is 161 g/mol. The average Bonchev–Trinajstić information content (AvgIpc) is 1.84. The standard InChI is InChI=1S/C8H10ClF/c1-5-4-8(10)6(2)3-7(5)9/h3-4,6,8H,1-2H3. The van der Waals surface area contributed by atoms with E-state index in [4.69, 9.17) is 11.6 Å². The van der Waals surface area contributed by atoms with Crippen LogP contribution in [0.15, 0.2) is 22.8 Å². The van der Waals surface area contributed by atoms with E-state index in [0.717, 1.165) is 5.57 Å². The molecule has 2 heteroatoms. The van der Waals surface area contributed by atoms with E-state index in [2.05, 4.69) is 0 Å². The van der Waals surface area contributed by atoms with Crippen molar-refractivity contribution in [2.75, 3.05) is 0 Å². The summed E-state index contributed by atoms with van der Waals surface area (Å²) in [4.78, 5) is 0. The Hall–Kier alpha value is -0.300. The Bertz CT molecular complexity index is 171. The van der Waals surface area contributed by atoms with E-state index in [0.29, 0.717) is 5.03 Å². The third-order valence-corrected chi connectivity index (χ3v) is 2.12. The van der Waals surface area contributed by atoms with Crippen LogP contribution in [0.1, 0.15) is 13.8 Å². The molecular weight excluding hydrogens is 151 g/mol. The Kier molecular flexibility index (Phi) is 2.14. The fourth-order valence-corrected chi connectivity index (χ4v) is 1.19. The summed E-state index contributed by atoms with van der Waals surface area (Å²) in [5.41, 5.74) is 0.840. The highest BCUT2D eigenvalue weighted by molar-refractivity contribution is 6.32. The number of allylic oxidation sites excluding steroid dienone is 4. The summed E-state index contributed by atoms with van der Waals surface area (Å²) in [5, 5.41) is 0.682. The molecule has 10 heavy (non-hydrogen) atoms. The molecule has 0 heterocycles. The summed E-state index contributed by atoms with van der Waals surface area (Å²) in [7, 11) is 0. The molecule has 0 amide bonds. The van der Waals surface area contributed by atoms with E-state index in [-0.39, 0.29) is 5.92 Å². The summed E-state index contributed by atoms with van der Waals surface area (Å²) in [6.45, 7) is 3.63. The van der Waals surface area contributed by atoms with Crippen molar-refractivity contribution < 1.29 is 4.39 Å². The molecule has 0 N–H and O–H groups in total. The van der Waals surface area contributed by atoms with Crippen LogP contribution >= 0.6 is 11.6 Å². The monoisotopic (exact) mass is 160 g/mol.